The number of rotatable bonds is 5. The number of aromatic nitrogens is 3. The fraction of sp³-hybridized carbons (Fsp3) is 0.364. The van der Waals surface area contributed by atoms with Crippen molar-refractivity contribution in [3.8, 4) is 16.9 Å². The number of amides is 1. The summed E-state index contributed by atoms with van der Waals surface area (Å²) < 4.78 is 6.36. The fourth-order valence-electron chi connectivity index (χ4n) is 3.70. The molecule has 2 N–H and O–H groups in total. The zero-order valence-corrected chi connectivity index (χ0v) is 18.2. The summed E-state index contributed by atoms with van der Waals surface area (Å²) in [5, 5.41) is 6.37. The molecule has 1 aromatic carbocycles. The molecule has 0 saturated carbocycles. The van der Waals surface area contributed by atoms with Crippen molar-refractivity contribution in [1.82, 2.24) is 20.3 Å². The molecule has 0 bridgehead atoms. The molecule has 0 spiro atoms. The van der Waals surface area contributed by atoms with Crippen LogP contribution in [0.1, 0.15) is 39.6 Å². The highest BCUT2D eigenvalue weighted by atomic mass is 32.1. The molecule has 1 saturated heterocycles. The van der Waals surface area contributed by atoms with Crippen LogP contribution in [0, 0.1) is 20.8 Å². The lowest BCUT2D eigenvalue weighted by Gasteiger charge is -2.26. The van der Waals surface area contributed by atoms with Crippen LogP contribution in [0.15, 0.2) is 30.0 Å². The lowest BCUT2D eigenvalue weighted by molar-refractivity contribution is 0.102. The van der Waals surface area contributed by atoms with Gasteiger partial charge in [-0.05, 0) is 58.4 Å². The number of piperidine rings is 1. The van der Waals surface area contributed by atoms with Crippen LogP contribution in [0.3, 0.4) is 0 Å². The largest absolute Gasteiger partial charge is 0.488 e. The maximum absolute atomic E-state index is 12.7. The summed E-state index contributed by atoms with van der Waals surface area (Å²) in [6.07, 6.45) is 3.79. The number of nitrogens with zero attached hydrogens (tertiary/aromatic N) is 3. The average molecular weight is 424 g/mol. The summed E-state index contributed by atoms with van der Waals surface area (Å²) in [7, 11) is 0. The van der Waals surface area contributed by atoms with Crippen molar-refractivity contribution in [2.75, 3.05) is 18.4 Å². The zero-order valence-electron chi connectivity index (χ0n) is 17.4. The van der Waals surface area contributed by atoms with Gasteiger partial charge in [-0.25, -0.2) is 15.0 Å². The molecule has 1 unspecified atom stereocenters. The topological polar surface area (TPSA) is 89.0 Å². The fourth-order valence-corrected chi connectivity index (χ4v) is 4.39. The third kappa shape index (κ3) is 4.34. The Morgan fingerprint density at radius 2 is 1.97 bits per heavy atom. The monoisotopic (exact) mass is 423 g/mol. The number of thiazole rings is 1. The van der Waals surface area contributed by atoms with Crippen molar-refractivity contribution in [3.05, 3.63) is 52.0 Å². The smallest absolute Gasteiger partial charge is 0.267 e. The molecule has 2 aromatic heterocycles. The molecule has 1 aliphatic heterocycles. The number of anilines is 1. The lowest BCUT2D eigenvalue weighted by atomic mass is 10.0. The number of hydrogen-bond donors (Lipinski definition) is 2. The minimum Gasteiger partial charge on any atom is -0.488 e. The predicted molar refractivity (Wildman–Crippen MR) is 118 cm³/mol. The summed E-state index contributed by atoms with van der Waals surface area (Å²) in [5.74, 6) is 0.612. The maximum atomic E-state index is 12.7. The molecule has 0 radical (unpaired) electrons. The molecule has 1 aliphatic rings. The molecule has 0 aliphatic carbocycles. The first kappa shape index (κ1) is 20.4. The number of hydrogen-bond acceptors (Lipinski definition) is 7. The van der Waals surface area contributed by atoms with Crippen molar-refractivity contribution in [3.63, 3.8) is 0 Å². The van der Waals surface area contributed by atoms with Gasteiger partial charge in [-0.3, -0.25) is 4.79 Å². The van der Waals surface area contributed by atoms with E-state index in [1.165, 1.54) is 11.3 Å². The Morgan fingerprint density at radius 3 is 2.63 bits per heavy atom. The maximum Gasteiger partial charge on any atom is 0.267 e. The normalized spacial score (nSPS) is 16.3. The van der Waals surface area contributed by atoms with E-state index in [0.29, 0.717) is 10.6 Å². The van der Waals surface area contributed by atoms with Crippen molar-refractivity contribution < 1.29 is 9.53 Å². The van der Waals surface area contributed by atoms with Gasteiger partial charge in [-0.1, -0.05) is 0 Å². The van der Waals surface area contributed by atoms with Crippen LogP contribution in [0.5, 0.6) is 5.75 Å². The Labute approximate surface area is 179 Å². The van der Waals surface area contributed by atoms with Crippen molar-refractivity contribution in [1.29, 1.82) is 0 Å². The molecular formula is C22H25N5O2S. The number of nitrogens with one attached hydrogen (secondary N) is 2. The van der Waals surface area contributed by atoms with Gasteiger partial charge in [0.1, 0.15) is 23.1 Å². The molecule has 8 heteroatoms. The van der Waals surface area contributed by atoms with Gasteiger partial charge >= 0.3 is 0 Å². The molecule has 30 heavy (non-hydrogen) atoms. The van der Waals surface area contributed by atoms with Crippen LogP contribution in [0.2, 0.25) is 0 Å². The van der Waals surface area contributed by atoms with Crippen LogP contribution in [0.25, 0.3) is 11.1 Å². The summed E-state index contributed by atoms with van der Waals surface area (Å²) in [6, 6.07) is 5.74. The Morgan fingerprint density at radius 1 is 1.17 bits per heavy atom. The molecule has 7 nitrogen and oxygen atoms in total. The quantitative estimate of drug-likeness (QED) is 0.647. The number of carbonyl (C=O) groups is 1. The number of ether oxygens (including phenoxy) is 1. The van der Waals surface area contributed by atoms with E-state index in [0.717, 1.165) is 59.9 Å². The Kier molecular flexibility index (Phi) is 6.06. The Balaban J connectivity index is 1.70. The molecule has 1 amide bonds. The second kappa shape index (κ2) is 8.89. The highest BCUT2D eigenvalue weighted by molar-refractivity contribution is 7.12. The van der Waals surface area contributed by atoms with Crippen LogP contribution in [0.4, 0.5) is 5.69 Å². The number of benzene rings is 1. The van der Waals surface area contributed by atoms with E-state index in [4.69, 9.17) is 4.74 Å². The molecule has 3 aromatic rings. The van der Waals surface area contributed by atoms with Crippen molar-refractivity contribution in [2.45, 2.75) is 39.7 Å². The standard InChI is InChI=1S/C22H25N5O2S/c1-13-20(14(2)25-11-24-13)18-9-16(27-22(28)21-15(3)26-12-30-21)6-7-19(18)29-17-5-4-8-23-10-17/h6-7,9,11-12,17,23H,4-5,8,10H2,1-3H3,(H,27,28). The number of carbonyl (C=O) groups excluding carboxylic acids is 1. The van der Waals surface area contributed by atoms with E-state index < -0.39 is 0 Å². The van der Waals surface area contributed by atoms with E-state index in [-0.39, 0.29) is 12.0 Å². The average Bonchev–Trinajstić information content (AvgIpc) is 3.16. The van der Waals surface area contributed by atoms with E-state index in [9.17, 15) is 4.79 Å². The predicted octanol–water partition coefficient (Wildman–Crippen LogP) is 3.91. The Hall–Kier alpha value is -2.84. The third-order valence-electron chi connectivity index (χ3n) is 5.23. The Bertz CT molecular complexity index is 1040. The highest BCUT2D eigenvalue weighted by Crippen LogP contribution is 2.36. The van der Waals surface area contributed by atoms with Crippen LogP contribution in [-0.4, -0.2) is 40.1 Å². The van der Waals surface area contributed by atoms with Gasteiger partial charge in [0.15, 0.2) is 0 Å². The summed E-state index contributed by atoms with van der Waals surface area (Å²) in [5.41, 5.74) is 6.66. The first-order valence-electron chi connectivity index (χ1n) is 10.0. The van der Waals surface area contributed by atoms with Gasteiger partial charge < -0.3 is 15.4 Å². The SMILES string of the molecule is Cc1ncsc1C(=O)Nc1ccc(OC2CCCNC2)c(-c2c(C)ncnc2C)c1. The highest BCUT2D eigenvalue weighted by Gasteiger charge is 2.20. The first-order valence-corrected chi connectivity index (χ1v) is 10.9. The molecule has 1 fully saturated rings. The van der Waals surface area contributed by atoms with Crippen LogP contribution in [-0.2, 0) is 0 Å². The minimum atomic E-state index is -0.163. The van der Waals surface area contributed by atoms with Gasteiger partial charge in [0.25, 0.3) is 5.91 Å². The second-order valence-corrected chi connectivity index (χ2v) is 8.29. The zero-order chi connectivity index (χ0) is 21.1. The summed E-state index contributed by atoms with van der Waals surface area (Å²) >= 11 is 1.33. The molecule has 1 atom stereocenters. The molecule has 4 rings (SSSR count). The van der Waals surface area contributed by atoms with Crippen LogP contribution >= 0.6 is 11.3 Å². The summed E-state index contributed by atoms with van der Waals surface area (Å²) in [4.78, 5) is 26.2. The van der Waals surface area contributed by atoms with E-state index >= 15 is 0 Å². The van der Waals surface area contributed by atoms with E-state index in [1.54, 1.807) is 11.8 Å². The first-order chi connectivity index (χ1) is 14.5. The molecule has 3 heterocycles. The summed E-state index contributed by atoms with van der Waals surface area (Å²) in [6.45, 7) is 7.61. The third-order valence-corrected chi connectivity index (χ3v) is 6.16. The second-order valence-electron chi connectivity index (χ2n) is 7.44. The van der Waals surface area contributed by atoms with Crippen LogP contribution < -0.4 is 15.4 Å². The van der Waals surface area contributed by atoms with E-state index in [1.807, 2.05) is 39.0 Å². The van der Waals surface area contributed by atoms with E-state index in [2.05, 4.69) is 25.6 Å². The van der Waals surface area contributed by atoms with Gasteiger partial charge in [0, 0.05) is 34.7 Å². The van der Waals surface area contributed by atoms with Gasteiger partial charge in [0.05, 0.1) is 11.2 Å². The van der Waals surface area contributed by atoms with Gasteiger partial charge in [-0.2, -0.15) is 0 Å². The number of aryl methyl sites for hydroxylation is 3. The van der Waals surface area contributed by atoms with Crippen molar-refractivity contribution >= 4 is 22.9 Å². The minimum absolute atomic E-state index is 0.114. The van der Waals surface area contributed by atoms with Gasteiger partial charge in [0.2, 0.25) is 0 Å². The molecular weight excluding hydrogens is 398 g/mol. The van der Waals surface area contributed by atoms with Crippen molar-refractivity contribution in [2.24, 2.45) is 0 Å². The molecule has 156 valence electrons. The lowest BCUT2D eigenvalue weighted by Crippen LogP contribution is -2.37. The van der Waals surface area contributed by atoms with Gasteiger partial charge in [-0.15, -0.1) is 11.3 Å².